The minimum absolute atomic E-state index is 0.476. The van der Waals surface area contributed by atoms with E-state index in [-0.39, 0.29) is 0 Å². The lowest BCUT2D eigenvalue weighted by molar-refractivity contribution is -0.419. The van der Waals surface area contributed by atoms with E-state index in [1.165, 1.54) is 0 Å². The van der Waals surface area contributed by atoms with Gasteiger partial charge in [-0.1, -0.05) is 18.2 Å². The fourth-order valence-electron chi connectivity index (χ4n) is 2.05. The monoisotopic (exact) mass is 241 g/mol. The minimum Gasteiger partial charge on any atom is -0.286 e. The van der Waals surface area contributed by atoms with E-state index in [0.29, 0.717) is 11.4 Å². The van der Waals surface area contributed by atoms with Crippen LogP contribution < -0.4 is 0 Å². The van der Waals surface area contributed by atoms with E-state index in [9.17, 15) is 14.9 Å². The maximum Gasteiger partial charge on any atom is 0.331 e. The summed E-state index contributed by atoms with van der Waals surface area (Å²) >= 11 is 0. The van der Waals surface area contributed by atoms with Gasteiger partial charge in [0, 0.05) is 11.8 Å². The number of fused-ring (bicyclic) bond motifs is 3. The highest BCUT2D eigenvalue weighted by Gasteiger charge is 2.38. The van der Waals surface area contributed by atoms with Crippen LogP contribution in [-0.4, -0.2) is 21.4 Å². The molecule has 1 aromatic heterocycles. The van der Waals surface area contributed by atoms with Gasteiger partial charge in [-0.3, -0.25) is 24.9 Å². The Morgan fingerprint density at radius 3 is 3.00 bits per heavy atom. The molecule has 3 rings (SSSR count). The van der Waals surface area contributed by atoms with Crippen LogP contribution in [0.2, 0.25) is 0 Å². The van der Waals surface area contributed by atoms with Gasteiger partial charge in [-0.05, 0) is 6.07 Å². The molecule has 0 aromatic carbocycles. The number of carbonyl (C=O) groups excluding carboxylic acids is 1. The first kappa shape index (κ1) is 10.5. The number of carbonyl (C=O) groups is 1. The van der Waals surface area contributed by atoms with Crippen LogP contribution in [0.1, 0.15) is 11.3 Å². The summed E-state index contributed by atoms with van der Waals surface area (Å²) in [7, 11) is 0. The molecule has 6 heteroatoms. The Morgan fingerprint density at radius 2 is 2.22 bits per heavy atom. The standard InChI is InChI=1S/C12H7N3O3/c16-12-8-4-3-7-2-1-5-13-10(7)11(8)14-6-9(12)15(17)18/h1-6,8H. The zero-order valence-electron chi connectivity index (χ0n) is 9.11. The molecule has 0 bridgehead atoms. The quantitative estimate of drug-likeness (QED) is 0.546. The Balaban J connectivity index is 2.17. The second-order valence-electron chi connectivity index (χ2n) is 3.93. The molecule has 1 atom stereocenters. The Hall–Kier alpha value is -2.63. The smallest absolute Gasteiger partial charge is 0.286 e. The van der Waals surface area contributed by atoms with Gasteiger partial charge in [-0.2, -0.15) is 0 Å². The van der Waals surface area contributed by atoms with E-state index >= 15 is 0 Å². The number of aliphatic imine (C=N–C) groups is 1. The lowest BCUT2D eigenvalue weighted by Gasteiger charge is -2.20. The molecular weight excluding hydrogens is 234 g/mol. The predicted molar refractivity (Wildman–Crippen MR) is 63.4 cm³/mol. The van der Waals surface area contributed by atoms with Crippen LogP contribution in [0.15, 0.2) is 41.3 Å². The summed E-state index contributed by atoms with van der Waals surface area (Å²) in [5, 5.41) is 10.7. The van der Waals surface area contributed by atoms with Crippen molar-refractivity contribution in [3.05, 3.63) is 57.7 Å². The molecule has 0 saturated carbocycles. The number of nitrogens with zero attached hydrogens (tertiary/aromatic N) is 3. The molecule has 88 valence electrons. The molecule has 18 heavy (non-hydrogen) atoms. The molecule has 0 fully saturated rings. The van der Waals surface area contributed by atoms with Crippen LogP contribution in [0.25, 0.3) is 6.08 Å². The van der Waals surface area contributed by atoms with Gasteiger partial charge in [-0.25, -0.2) is 0 Å². The summed E-state index contributed by atoms with van der Waals surface area (Å²) < 4.78 is 0. The number of pyridine rings is 1. The number of aromatic nitrogens is 1. The second kappa shape index (κ2) is 3.69. The first-order valence-corrected chi connectivity index (χ1v) is 5.28. The van der Waals surface area contributed by atoms with E-state index < -0.39 is 22.3 Å². The number of ketones is 1. The largest absolute Gasteiger partial charge is 0.331 e. The van der Waals surface area contributed by atoms with Crippen LogP contribution in [-0.2, 0) is 4.79 Å². The van der Waals surface area contributed by atoms with Gasteiger partial charge < -0.3 is 0 Å². The zero-order chi connectivity index (χ0) is 12.7. The average Bonchev–Trinajstić information content (AvgIpc) is 2.38. The summed E-state index contributed by atoms with van der Waals surface area (Å²) in [6.45, 7) is 0. The highest BCUT2D eigenvalue weighted by molar-refractivity contribution is 6.22. The maximum atomic E-state index is 11.9. The summed E-state index contributed by atoms with van der Waals surface area (Å²) in [5.41, 5.74) is 1.46. The van der Waals surface area contributed by atoms with Gasteiger partial charge in [0.1, 0.15) is 6.20 Å². The third kappa shape index (κ3) is 1.39. The Bertz CT molecular complexity index is 658. The van der Waals surface area contributed by atoms with Crippen LogP contribution >= 0.6 is 0 Å². The highest BCUT2D eigenvalue weighted by Crippen LogP contribution is 2.27. The first-order chi connectivity index (χ1) is 8.68. The lowest BCUT2D eigenvalue weighted by atomic mass is 9.86. The van der Waals surface area contributed by atoms with Gasteiger partial charge in [0.2, 0.25) is 5.78 Å². The molecule has 6 nitrogen and oxygen atoms in total. The number of rotatable bonds is 1. The number of Topliss-reactive ketones (excluding diaryl/α,β-unsaturated/α-hetero) is 1. The van der Waals surface area contributed by atoms with Crippen molar-refractivity contribution >= 4 is 17.6 Å². The Labute approximate surface area is 102 Å². The molecule has 0 radical (unpaired) electrons. The lowest BCUT2D eigenvalue weighted by Crippen LogP contribution is -2.32. The molecule has 2 aliphatic rings. The van der Waals surface area contributed by atoms with Crippen LogP contribution in [0.3, 0.4) is 0 Å². The van der Waals surface area contributed by atoms with Gasteiger partial charge in [0.25, 0.3) is 0 Å². The fourth-order valence-corrected chi connectivity index (χ4v) is 2.05. The SMILES string of the molecule is O=C1C([N+](=O)[O-])=CN=C2c3ncccc3C=CC12. The molecule has 1 aliphatic heterocycles. The molecule has 0 N–H and O–H groups in total. The Kier molecular flexibility index (Phi) is 2.16. The number of hydrogen-bond acceptors (Lipinski definition) is 5. The van der Waals surface area contributed by atoms with Crippen molar-refractivity contribution in [1.29, 1.82) is 0 Å². The average molecular weight is 241 g/mol. The first-order valence-electron chi connectivity index (χ1n) is 5.28. The molecular formula is C12H7N3O3. The van der Waals surface area contributed by atoms with Crippen molar-refractivity contribution in [3.8, 4) is 0 Å². The van der Waals surface area contributed by atoms with Crippen molar-refractivity contribution in [3.63, 3.8) is 0 Å². The molecule has 1 aliphatic carbocycles. The van der Waals surface area contributed by atoms with Gasteiger partial charge in [0.15, 0.2) is 0 Å². The van der Waals surface area contributed by atoms with E-state index in [1.807, 2.05) is 6.07 Å². The van der Waals surface area contributed by atoms with Gasteiger partial charge in [0.05, 0.1) is 22.2 Å². The summed E-state index contributed by atoms with van der Waals surface area (Å²) in [6, 6.07) is 3.64. The molecule has 0 spiro atoms. The van der Waals surface area contributed by atoms with Crippen LogP contribution in [0.5, 0.6) is 0 Å². The second-order valence-corrected chi connectivity index (χ2v) is 3.93. The Morgan fingerprint density at radius 1 is 1.39 bits per heavy atom. The summed E-state index contributed by atoms with van der Waals surface area (Å²) in [6.07, 6.45) is 5.98. The van der Waals surface area contributed by atoms with Crippen molar-refractivity contribution in [2.24, 2.45) is 10.9 Å². The van der Waals surface area contributed by atoms with E-state index in [1.54, 1.807) is 24.4 Å². The van der Waals surface area contributed by atoms with Crippen molar-refractivity contribution in [1.82, 2.24) is 4.98 Å². The summed E-state index contributed by atoms with van der Waals surface area (Å²) in [5.74, 6) is -1.24. The maximum absolute atomic E-state index is 11.9. The predicted octanol–water partition coefficient (Wildman–Crippen LogP) is 1.21. The molecule has 1 unspecified atom stereocenters. The fraction of sp³-hybridized carbons (Fsp3) is 0.0833. The van der Waals surface area contributed by atoms with E-state index in [4.69, 9.17) is 0 Å². The topological polar surface area (TPSA) is 85.5 Å². The highest BCUT2D eigenvalue weighted by atomic mass is 16.6. The summed E-state index contributed by atoms with van der Waals surface area (Å²) in [4.78, 5) is 30.1. The number of hydrogen-bond donors (Lipinski definition) is 0. The van der Waals surface area contributed by atoms with Crippen molar-refractivity contribution in [2.45, 2.75) is 0 Å². The van der Waals surface area contributed by atoms with Gasteiger partial charge >= 0.3 is 5.70 Å². The van der Waals surface area contributed by atoms with E-state index in [0.717, 1.165) is 11.8 Å². The molecule has 0 saturated heterocycles. The molecule has 1 aromatic rings. The zero-order valence-corrected chi connectivity index (χ0v) is 9.11. The third-order valence-corrected chi connectivity index (χ3v) is 2.90. The third-order valence-electron chi connectivity index (χ3n) is 2.90. The van der Waals surface area contributed by atoms with Crippen molar-refractivity contribution < 1.29 is 9.72 Å². The van der Waals surface area contributed by atoms with Crippen LogP contribution in [0.4, 0.5) is 0 Å². The van der Waals surface area contributed by atoms with Gasteiger partial charge in [-0.15, -0.1) is 0 Å². The van der Waals surface area contributed by atoms with Crippen molar-refractivity contribution in [2.75, 3.05) is 0 Å². The minimum atomic E-state index is -0.704. The van der Waals surface area contributed by atoms with E-state index in [2.05, 4.69) is 9.98 Å². The van der Waals surface area contributed by atoms with Crippen LogP contribution in [0, 0.1) is 16.0 Å². The normalized spacial score (nSPS) is 20.7. The molecule has 2 heterocycles. The number of nitro groups is 1. The number of allylic oxidation sites excluding steroid dienone is 2. The molecule has 0 amide bonds.